The second-order valence-electron chi connectivity index (χ2n) is 9.41. The molecule has 2 unspecified atom stereocenters. The molecular weight excluding hydrogens is 607 g/mol. The van der Waals surface area contributed by atoms with Gasteiger partial charge >= 0.3 is 31.0 Å². The van der Waals surface area contributed by atoms with Gasteiger partial charge in [-0.3, -0.25) is 0 Å². The van der Waals surface area contributed by atoms with Crippen LogP contribution >= 0.6 is 25.3 Å². The Hall–Kier alpha value is -0.0813. The summed E-state index contributed by atoms with van der Waals surface area (Å²) in [6.07, 6.45) is 29.6. The number of carbonyl (C=O) groups excluding carboxylic acids is 2. The minimum absolute atomic E-state index is 0.230. The van der Waals surface area contributed by atoms with Crippen molar-refractivity contribution in [3.8, 4) is 0 Å². The van der Waals surface area contributed by atoms with Crippen LogP contribution in [0.25, 0.3) is 0 Å². The predicted molar refractivity (Wildman–Crippen MR) is 166 cm³/mol. The molecule has 37 heavy (non-hydrogen) atoms. The molecule has 7 heteroatoms. The summed E-state index contributed by atoms with van der Waals surface area (Å²) in [5.74, 6) is -2.25. The molecule has 0 heterocycles. The maximum atomic E-state index is 10.4. The first-order valence-electron chi connectivity index (χ1n) is 14.5. The summed E-state index contributed by atoms with van der Waals surface area (Å²) in [6.45, 7) is 4.46. The summed E-state index contributed by atoms with van der Waals surface area (Å²) in [4.78, 5) is 25.3. The Morgan fingerprint density at radius 1 is 0.595 bits per heavy atom. The monoisotopic (exact) mass is 664 g/mol. The zero-order valence-corrected chi connectivity index (χ0v) is 28.9. The summed E-state index contributed by atoms with van der Waals surface area (Å²) in [5, 5.41) is 19.2. The number of hydrogen-bond acceptors (Lipinski definition) is 6. The number of carboxylic acids is 2. The first-order chi connectivity index (χ1) is 17.8. The van der Waals surface area contributed by atoms with E-state index in [1.54, 1.807) is 12.2 Å². The number of rotatable bonds is 22. The third-order valence-corrected chi connectivity index (χ3v) is 6.33. The molecule has 0 radical (unpaired) electrons. The molecular formula is C30H56O4S2Sn. The first-order valence-corrected chi connectivity index (χ1v) is 21.2. The van der Waals surface area contributed by atoms with Gasteiger partial charge in [0.15, 0.2) is 0 Å². The van der Waals surface area contributed by atoms with Crippen LogP contribution in [0.2, 0.25) is 9.88 Å². The summed E-state index contributed by atoms with van der Waals surface area (Å²) in [5.41, 5.74) is 0. The molecule has 0 spiro atoms. The van der Waals surface area contributed by atoms with Gasteiger partial charge in [-0.2, -0.15) is 25.3 Å². The Morgan fingerprint density at radius 2 is 0.838 bits per heavy atom. The zero-order chi connectivity index (χ0) is 28.6. The van der Waals surface area contributed by atoms with Crippen molar-refractivity contribution in [3.63, 3.8) is 0 Å². The number of carbonyl (C=O) groups is 2. The molecule has 0 rings (SSSR count). The molecule has 0 saturated carbocycles. The van der Waals surface area contributed by atoms with Gasteiger partial charge in [-0.15, -0.1) is 0 Å². The molecule has 0 N–H and O–H groups in total. The second-order valence-corrected chi connectivity index (χ2v) is 13.4. The van der Waals surface area contributed by atoms with Gasteiger partial charge in [-0.25, -0.2) is 0 Å². The van der Waals surface area contributed by atoms with E-state index in [-0.39, 0.29) is 21.1 Å². The van der Waals surface area contributed by atoms with Crippen molar-refractivity contribution in [2.24, 2.45) is 0 Å². The minimum atomic E-state index is -1.12. The van der Waals surface area contributed by atoms with Gasteiger partial charge in [0.05, 0.1) is 22.4 Å². The van der Waals surface area contributed by atoms with Crippen LogP contribution in [0.1, 0.15) is 129 Å². The summed E-state index contributed by atoms with van der Waals surface area (Å²) in [7, 11) is 0. The van der Waals surface area contributed by atoms with Crippen molar-refractivity contribution >= 4 is 58.3 Å². The van der Waals surface area contributed by atoms with Gasteiger partial charge in [0.2, 0.25) is 0 Å². The van der Waals surface area contributed by atoms with E-state index < -0.39 is 22.4 Å². The Kier molecular flexibility index (Phi) is 40.2. The zero-order valence-electron chi connectivity index (χ0n) is 24.2. The fraction of sp³-hybridized carbons (Fsp3) is 0.800. The van der Waals surface area contributed by atoms with Crippen molar-refractivity contribution in [1.82, 2.24) is 0 Å². The van der Waals surface area contributed by atoms with Crippen LogP contribution in [-0.4, -0.2) is 43.6 Å². The van der Waals surface area contributed by atoms with Crippen LogP contribution in [0, 0.1) is 0 Å². The molecule has 0 aromatic heterocycles. The van der Waals surface area contributed by atoms with E-state index in [4.69, 9.17) is 0 Å². The fourth-order valence-corrected chi connectivity index (χ4v) is 3.64. The Morgan fingerprint density at radius 3 is 1.08 bits per heavy atom. The standard InChI is InChI=1S/2C14H26O2S.2CH3.Sn/c2*1-2-3-4-5-6-7-8-9-10-11-12-13(17)14(15)16;;;/h2*11-13,17H,2-10H2,1H3,(H,15,16);2*1H3;/q;;;;+2/p-2. The fourth-order valence-electron chi connectivity index (χ4n) is 3.40. The van der Waals surface area contributed by atoms with Crippen LogP contribution in [0.15, 0.2) is 24.3 Å². The summed E-state index contributed by atoms with van der Waals surface area (Å²) in [6, 6.07) is 0. The quantitative estimate of drug-likeness (QED) is 0.0565. The van der Waals surface area contributed by atoms with Crippen LogP contribution in [-0.2, 0) is 9.59 Å². The van der Waals surface area contributed by atoms with Crippen molar-refractivity contribution in [1.29, 1.82) is 0 Å². The normalized spacial score (nSPS) is 12.3. The molecule has 0 fully saturated rings. The van der Waals surface area contributed by atoms with Gasteiger partial charge in [-0.05, 0) is 25.7 Å². The van der Waals surface area contributed by atoms with E-state index in [0.717, 1.165) is 25.7 Å². The third kappa shape index (κ3) is 40.6. The number of hydrogen-bond donors (Lipinski definition) is 2. The van der Waals surface area contributed by atoms with Crippen LogP contribution in [0.5, 0.6) is 0 Å². The number of carboxylic acid groups (broad SMARTS) is 2. The molecule has 0 aromatic rings. The van der Waals surface area contributed by atoms with Gasteiger partial charge in [-0.1, -0.05) is 128 Å². The molecule has 0 bridgehead atoms. The van der Waals surface area contributed by atoms with Crippen molar-refractivity contribution in [2.45, 2.75) is 150 Å². The van der Waals surface area contributed by atoms with E-state index in [0.29, 0.717) is 0 Å². The number of aliphatic carboxylic acids is 2. The molecule has 0 amide bonds. The Balaban J connectivity index is -0.000000564. The molecule has 0 aliphatic heterocycles. The Labute approximate surface area is 251 Å². The molecule has 0 aliphatic rings. The second kappa shape index (κ2) is 35.9. The SMILES string of the molecule is CCCCCCCCCCC=CC(S)C(=O)[O-].CCCCCCCCCCC=CC(S)C(=O)[O-].[CH3][Sn+2][CH3]. The number of thiol groups is 2. The predicted octanol–water partition coefficient (Wildman–Crippen LogP) is 7.03. The van der Waals surface area contributed by atoms with E-state index >= 15 is 0 Å². The van der Waals surface area contributed by atoms with Gasteiger partial charge in [0, 0.05) is 0 Å². The van der Waals surface area contributed by atoms with Crippen molar-refractivity contribution in [3.05, 3.63) is 24.3 Å². The molecule has 4 nitrogen and oxygen atoms in total. The van der Waals surface area contributed by atoms with E-state index in [9.17, 15) is 19.8 Å². The average Bonchev–Trinajstić information content (AvgIpc) is 2.86. The summed E-state index contributed by atoms with van der Waals surface area (Å²) < 4.78 is 0. The first kappa shape index (κ1) is 41.4. The topological polar surface area (TPSA) is 80.3 Å². The number of unbranched alkanes of at least 4 members (excludes halogenated alkanes) is 16. The Bertz CT molecular complexity index is 496. The maximum absolute atomic E-state index is 10.4. The van der Waals surface area contributed by atoms with Crippen LogP contribution in [0.3, 0.4) is 0 Å². The average molecular weight is 664 g/mol. The molecule has 0 saturated heterocycles. The van der Waals surface area contributed by atoms with Gasteiger partial charge < -0.3 is 19.8 Å². The van der Waals surface area contributed by atoms with E-state index in [1.807, 2.05) is 12.2 Å². The van der Waals surface area contributed by atoms with Crippen LogP contribution < -0.4 is 10.2 Å². The molecule has 2 atom stereocenters. The number of allylic oxidation sites excluding steroid dienone is 2. The van der Waals surface area contributed by atoms with Crippen LogP contribution in [0.4, 0.5) is 0 Å². The van der Waals surface area contributed by atoms with Gasteiger partial charge in [0.25, 0.3) is 0 Å². The summed E-state index contributed by atoms with van der Waals surface area (Å²) >= 11 is 7.96. The van der Waals surface area contributed by atoms with Crippen molar-refractivity contribution in [2.75, 3.05) is 0 Å². The van der Waals surface area contributed by atoms with E-state index in [1.165, 1.54) is 89.9 Å². The third-order valence-electron chi connectivity index (χ3n) is 5.57. The molecule has 0 aromatic carbocycles. The van der Waals surface area contributed by atoms with Gasteiger partial charge in [0.1, 0.15) is 0 Å². The van der Waals surface area contributed by atoms with E-state index in [2.05, 4.69) is 49.0 Å². The molecule has 0 aliphatic carbocycles. The molecule has 216 valence electrons. The van der Waals surface area contributed by atoms with Crippen molar-refractivity contribution < 1.29 is 19.8 Å².